The fraction of sp³-hybridized carbons (Fsp3) is 0.400. The summed E-state index contributed by atoms with van der Waals surface area (Å²) in [5.74, 6) is 0.686. The Bertz CT molecular complexity index is 1000. The van der Waals surface area contributed by atoms with Gasteiger partial charge in [0.2, 0.25) is 10.0 Å². The van der Waals surface area contributed by atoms with E-state index in [0.29, 0.717) is 31.4 Å². The van der Waals surface area contributed by atoms with Gasteiger partial charge < -0.3 is 15.5 Å². The van der Waals surface area contributed by atoms with Crippen LogP contribution in [0.25, 0.3) is 0 Å². The number of sulfonamides is 1. The van der Waals surface area contributed by atoms with Gasteiger partial charge in [-0.2, -0.15) is 0 Å². The van der Waals surface area contributed by atoms with Crippen LogP contribution in [0.5, 0.6) is 0 Å². The van der Waals surface area contributed by atoms with Gasteiger partial charge in [0.1, 0.15) is 0 Å². The first-order chi connectivity index (χ1) is 14.3. The lowest BCUT2D eigenvalue weighted by Crippen LogP contribution is -2.44. The lowest BCUT2D eigenvalue weighted by Gasteiger charge is -2.20. The molecule has 1 aromatic heterocycles. The highest BCUT2D eigenvalue weighted by Gasteiger charge is 2.26. The molecule has 11 heteroatoms. The molecule has 1 atom stereocenters. The molecular formula is C20H28FIN6O2S. The first-order valence-corrected chi connectivity index (χ1v) is 11.1. The molecule has 1 aromatic carbocycles. The Hall–Kier alpha value is -1.99. The first kappa shape index (κ1) is 25.3. The fourth-order valence-electron chi connectivity index (χ4n) is 3.24. The van der Waals surface area contributed by atoms with Crippen molar-refractivity contribution in [2.24, 2.45) is 4.99 Å². The van der Waals surface area contributed by atoms with E-state index in [0.717, 1.165) is 12.0 Å². The standard InChI is InChI=1S/C20H27FN6O2S.HI/c1-22-20(24-13-15-6-8-17(9-7-15)30(28,29)26(2)3)25-16-10-12-27(14-16)19-18(21)5-4-11-23-19;/h4-9,11,16H,10,12-14H2,1-3H3,(H2,22,24,25);1H. The quantitative estimate of drug-likeness (QED) is 0.318. The highest BCUT2D eigenvalue weighted by atomic mass is 127. The summed E-state index contributed by atoms with van der Waals surface area (Å²) in [6.45, 7) is 1.84. The molecule has 1 saturated heterocycles. The lowest BCUT2D eigenvalue weighted by atomic mass is 10.2. The van der Waals surface area contributed by atoms with Crippen molar-refractivity contribution in [1.29, 1.82) is 0 Å². The summed E-state index contributed by atoms with van der Waals surface area (Å²) in [5, 5.41) is 6.58. The summed E-state index contributed by atoms with van der Waals surface area (Å²) >= 11 is 0. The van der Waals surface area contributed by atoms with E-state index in [9.17, 15) is 12.8 Å². The number of aliphatic imine (C=N–C) groups is 1. The zero-order chi connectivity index (χ0) is 21.7. The second kappa shape index (κ2) is 11.0. The monoisotopic (exact) mass is 562 g/mol. The number of hydrogen-bond acceptors (Lipinski definition) is 5. The van der Waals surface area contributed by atoms with Gasteiger partial charge >= 0.3 is 0 Å². The number of pyridine rings is 1. The number of nitrogens with zero attached hydrogens (tertiary/aromatic N) is 4. The number of benzene rings is 1. The second-order valence-electron chi connectivity index (χ2n) is 7.24. The Balaban J connectivity index is 0.00000341. The molecule has 8 nitrogen and oxygen atoms in total. The van der Waals surface area contributed by atoms with Crippen molar-refractivity contribution in [3.05, 3.63) is 54.0 Å². The Kier molecular flexibility index (Phi) is 9.01. The summed E-state index contributed by atoms with van der Waals surface area (Å²) in [4.78, 5) is 10.6. The SMILES string of the molecule is CN=C(NCc1ccc(S(=O)(=O)N(C)C)cc1)NC1CCN(c2ncccc2F)C1.I. The molecule has 0 spiro atoms. The van der Waals surface area contributed by atoms with Gasteiger partial charge in [0.15, 0.2) is 17.6 Å². The molecule has 0 amide bonds. The number of anilines is 1. The number of hydrogen-bond donors (Lipinski definition) is 2. The van der Waals surface area contributed by atoms with Crippen LogP contribution < -0.4 is 15.5 Å². The minimum atomic E-state index is -3.44. The maximum absolute atomic E-state index is 14.0. The average Bonchev–Trinajstić information content (AvgIpc) is 3.20. The second-order valence-corrected chi connectivity index (χ2v) is 9.39. The van der Waals surface area contributed by atoms with Crippen molar-refractivity contribution in [2.45, 2.75) is 23.9 Å². The smallest absolute Gasteiger partial charge is 0.242 e. The molecule has 1 fully saturated rings. The normalized spacial score (nSPS) is 16.9. The predicted octanol–water partition coefficient (Wildman–Crippen LogP) is 2.03. The Labute approximate surface area is 200 Å². The Morgan fingerprint density at radius 2 is 2.00 bits per heavy atom. The maximum Gasteiger partial charge on any atom is 0.242 e. The summed E-state index contributed by atoms with van der Waals surface area (Å²) in [7, 11) is 1.27. The topological polar surface area (TPSA) is 89.9 Å². The van der Waals surface area contributed by atoms with Crippen LogP contribution in [-0.2, 0) is 16.6 Å². The summed E-state index contributed by atoms with van der Waals surface area (Å²) in [6.07, 6.45) is 2.43. The Morgan fingerprint density at radius 1 is 1.29 bits per heavy atom. The zero-order valence-corrected chi connectivity index (χ0v) is 20.9. The van der Waals surface area contributed by atoms with E-state index in [2.05, 4.69) is 20.6 Å². The molecule has 1 unspecified atom stereocenters. The van der Waals surface area contributed by atoms with Crippen molar-refractivity contribution >= 4 is 45.8 Å². The van der Waals surface area contributed by atoms with Gasteiger partial charge in [-0.25, -0.2) is 22.1 Å². The highest BCUT2D eigenvalue weighted by molar-refractivity contribution is 14.0. The predicted molar refractivity (Wildman–Crippen MR) is 131 cm³/mol. The van der Waals surface area contributed by atoms with Gasteiger partial charge in [0.25, 0.3) is 0 Å². The molecule has 0 radical (unpaired) electrons. The van der Waals surface area contributed by atoms with Crippen molar-refractivity contribution in [2.75, 3.05) is 39.1 Å². The summed E-state index contributed by atoms with van der Waals surface area (Å²) in [6, 6.07) is 9.86. The van der Waals surface area contributed by atoms with E-state index in [1.165, 1.54) is 24.5 Å². The number of aromatic nitrogens is 1. The van der Waals surface area contributed by atoms with Crippen LogP contribution in [0.2, 0.25) is 0 Å². The third kappa shape index (κ3) is 6.26. The third-order valence-electron chi connectivity index (χ3n) is 4.95. The summed E-state index contributed by atoms with van der Waals surface area (Å²) < 4.78 is 39.4. The van der Waals surface area contributed by atoms with Crippen LogP contribution in [0.4, 0.5) is 10.2 Å². The zero-order valence-electron chi connectivity index (χ0n) is 17.7. The molecule has 1 aliphatic heterocycles. The first-order valence-electron chi connectivity index (χ1n) is 9.65. The van der Waals surface area contributed by atoms with E-state index in [4.69, 9.17) is 0 Å². The maximum atomic E-state index is 14.0. The molecular weight excluding hydrogens is 534 g/mol. The van der Waals surface area contributed by atoms with E-state index in [1.54, 1.807) is 43.6 Å². The molecule has 2 heterocycles. The van der Waals surface area contributed by atoms with Gasteiger partial charge in [-0.3, -0.25) is 4.99 Å². The van der Waals surface area contributed by atoms with E-state index in [1.807, 2.05) is 4.90 Å². The average molecular weight is 562 g/mol. The van der Waals surface area contributed by atoms with Crippen LogP contribution in [0, 0.1) is 5.82 Å². The number of nitrogens with one attached hydrogen (secondary N) is 2. The molecule has 1 aliphatic rings. The Morgan fingerprint density at radius 3 is 2.61 bits per heavy atom. The van der Waals surface area contributed by atoms with Gasteiger partial charge in [-0.1, -0.05) is 12.1 Å². The van der Waals surface area contributed by atoms with Crippen LogP contribution in [-0.4, -0.2) is 63.9 Å². The minimum Gasteiger partial charge on any atom is -0.352 e. The van der Waals surface area contributed by atoms with Gasteiger partial charge in [-0.05, 0) is 36.2 Å². The highest BCUT2D eigenvalue weighted by Crippen LogP contribution is 2.20. The molecule has 2 aromatic rings. The molecule has 31 heavy (non-hydrogen) atoms. The van der Waals surface area contributed by atoms with Crippen LogP contribution in [0.15, 0.2) is 52.5 Å². The molecule has 0 bridgehead atoms. The molecule has 0 saturated carbocycles. The number of halogens is 2. The van der Waals surface area contributed by atoms with Crippen molar-refractivity contribution in [1.82, 2.24) is 19.9 Å². The summed E-state index contributed by atoms with van der Waals surface area (Å²) in [5.41, 5.74) is 0.930. The third-order valence-corrected chi connectivity index (χ3v) is 6.78. The largest absolute Gasteiger partial charge is 0.352 e. The molecule has 2 N–H and O–H groups in total. The van der Waals surface area contributed by atoms with Gasteiger partial charge in [0.05, 0.1) is 4.90 Å². The number of guanidine groups is 1. The van der Waals surface area contributed by atoms with Crippen LogP contribution in [0.1, 0.15) is 12.0 Å². The molecule has 3 rings (SSSR count). The lowest BCUT2D eigenvalue weighted by molar-refractivity contribution is 0.520. The van der Waals surface area contributed by atoms with E-state index < -0.39 is 10.0 Å². The minimum absolute atomic E-state index is 0. The van der Waals surface area contributed by atoms with Crippen molar-refractivity contribution in [3.63, 3.8) is 0 Å². The van der Waals surface area contributed by atoms with Crippen LogP contribution >= 0.6 is 24.0 Å². The van der Waals surface area contributed by atoms with Crippen molar-refractivity contribution in [3.8, 4) is 0 Å². The molecule has 170 valence electrons. The van der Waals surface area contributed by atoms with Gasteiger partial charge in [-0.15, -0.1) is 24.0 Å². The van der Waals surface area contributed by atoms with Crippen molar-refractivity contribution < 1.29 is 12.8 Å². The fourth-order valence-corrected chi connectivity index (χ4v) is 4.15. The number of rotatable bonds is 6. The van der Waals surface area contributed by atoms with Crippen LogP contribution in [0.3, 0.4) is 0 Å². The molecule has 0 aliphatic carbocycles. The van der Waals surface area contributed by atoms with E-state index in [-0.39, 0.29) is 40.7 Å². The van der Waals surface area contributed by atoms with Gasteiger partial charge in [0, 0.05) is 53.0 Å². The van der Waals surface area contributed by atoms with E-state index >= 15 is 0 Å².